The summed E-state index contributed by atoms with van der Waals surface area (Å²) in [5.41, 5.74) is 5.36. The molecule has 0 aliphatic heterocycles. The van der Waals surface area contributed by atoms with E-state index in [9.17, 15) is 0 Å². The first-order valence-corrected chi connectivity index (χ1v) is 4.13. The molecule has 0 rings (SSSR count). The maximum atomic E-state index is 5.37. The lowest BCUT2D eigenvalue weighted by Crippen LogP contribution is -2.20. The van der Waals surface area contributed by atoms with Crippen LogP contribution in [0.1, 0.15) is 33.1 Å². The molecule has 0 aromatic heterocycles. The summed E-state index contributed by atoms with van der Waals surface area (Å²) in [4.78, 5) is 0. The quantitative estimate of drug-likeness (QED) is 0.575. The number of hydrogen-bond donors (Lipinski definition) is 1. The van der Waals surface area contributed by atoms with Crippen LogP contribution < -0.4 is 5.73 Å². The smallest absolute Gasteiger partial charge is 0.0669 e. The summed E-state index contributed by atoms with van der Waals surface area (Å²) in [5.74, 6) is 0. The molecule has 0 aliphatic rings. The first-order chi connectivity index (χ1) is 4.81. The first-order valence-electron chi connectivity index (χ1n) is 4.13. The summed E-state index contributed by atoms with van der Waals surface area (Å²) in [5, 5.41) is 0. The monoisotopic (exact) mass is 145 g/mol. The van der Waals surface area contributed by atoms with Crippen molar-refractivity contribution in [2.75, 3.05) is 13.2 Å². The van der Waals surface area contributed by atoms with E-state index in [0.29, 0.717) is 6.54 Å². The fourth-order valence-electron chi connectivity index (χ4n) is 0.705. The summed E-state index contributed by atoms with van der Waals surface area (Å²) < 4.78 is 5.37. The van der Waals surface area contributed by atoms with Crippen molar-refractivity contribution in [3.8, 4) is 0 Å². The molecule has 0 spiro atoms. The molecule has 0 bridgehead atoms. The standard InChI is InChI=1S/C8H19NO/c1-3-4-5-6-10-8(2)7-9/h8H,3-7,9H2,1-2H3. The summed E-state index contributed by atoms with van der Waals surface area (Å²) >= 11 is 0. The predicted molar refractivity (Wildman–Crippen MR) is 44.0 cm³/mol. The summed E-state index contributed by atoms with van der Waals surface area (Å²) in [6.07, 6.45) is 3.91. The zero-order valence-electron chi connectivity index (χ0n) is 7.10. The Balaban J connectivity index is 2.89. The lowest BCUT2D eigenvalue weighted by atomic mass is 10.3. The van der Waals surface area contributed by atoms with Gasteiger partial charge in [0, 0.05) is 13.2 Å². The fourth-order valence-corrected chi connectivity index (χ4v) is 0.705. The summed E-state index contributed by atoms with van der Waals surface area (Å²) in [6, 6.07) is 0. The highest BCUT2D eigenvalue weighted by Crippen LogP contribution is 1.96. The molecule has 1 atom stereocenters. The maximum absolute atomic E-state index is 5.37. The summed E-state index contributed by atoms with van der Waals surface area (Å²) in [7, 11) is 0. The topological polar surface area (TPSA) is 35.2 Å². The SMILES string of the molecule is CCCCCOC(C)CN. The van der Waals surface area contributed by atoms with E-state index < -0.39 is 0 Å². The van der Waals surface area contributed by atoms with Crippen LogP contribution in [0.15, 0.2) is 0 Å². The average Bonchev–Trinajstić information content (AvgIpc) is 1.98. The van der Waals surface area contributed by atoms with Crippen molar-refractivity contribution in [3.63, 3.8) is 0 Å². The van der Waals surface area contributed by atoms with Crippen LogP contribution in [-0.2, 0) is 4.74 Å². The van der Waals surface area contributed by atoms with Gasteiger partial charge in [0.15, 0.2) is 0 Å². The molecule has 0 saturated carbocycles. The minimum absolute atomic E-state index is 0.233. The fraction of sp³-hybridized carbons (Fsp3) is 1.00. The number of ether oxygens (including phenoxy) is 1. The third-order valence-corrected chi connectivity index (χ3v) is 1.48. The van der Waals surface area contributed by atoms with Gasteiger partial charge in [-0.05, 0) is 13.3 Å². The van der Waals surface area contributed by atoms with Crippen molar-refractivity contribution in [2.24, 2.45) is 5.73 Å². The van der Waals surface area contributed by atoms with Gasteiger partial charge in [0.2, 0.25) is 0 Å². The Hall–Kier alpha value is -0.0800. The predicted octanol–water partition coefficient (Wildman–Crippen LogP) is 1.54. The molecule has 10 heavy (non-hydrogen) atoms. The van der Waals surface area contributed by atoms with E-state index in [2.05, 4.69) is 6.92 Å². The minimum Gasteiger partial charge on any atom is -0.377 e. The van der Waals surface area contributed by atoms with Crippen LogP contribution in [0.3, 0.4) is 0 Å². The molecule has 2 N–H and O–H groups in total. The van der Waals surface area contributed by atoms with E-state index in [1.165, 1.54) is 19.3 Å². The zero-order chi connectivity index (χ0) is 7.82. The number of nitrogens with two attached hydrogens (primary N) is 1. The van der Waals surface area contributed by atoms with Gasteiger partial charge in [-0.2, -0.15) is 0 Å². The lowest BCUT2D eigenvalue weighted by molar-refractivity contribution is 0.0691. The highest BCUT2D eigenvalue weighted by atomic mass is 16.5. The Morgan fingerprint density at radius 1 is 1.40 bits per heavy atom. The van der Waals surface area contributed by atoms with Gasteiger partial charge in [0.25, 0.3) is 0 Å². The van der Waals surface area contributed by atoms with Gasteiger partial charge in [-0.15, -0.1) is 0 Å². The average molecular weight is 145 g/mol. The highest BCUT2D eigenvalue weighted by molar-refractivity contribution is 4.48. The van der Waals surface area contributed by atoms with Gasteiger partial charge < -0.3 is 10.5 Å². The number of unbranched alkanes of at least 4 members (excludes halogenated alkanes) is 2. The molecule has 0 amide bonds. The minimum atomic E-state index is 0.233. The number of rotatable bonds is 6. The molecule has 2 nitrogen and oxygen atoms in total. The second-order valence-electron chi connectivity index (χ2n) is 2.62. The van der Waals surface area contributed by atoms with Gasteiger partial charge in [0.05, 0.1) is 6.10 Å². The van der Waals surface area contributed by atoms with E-state index in [-0.39, 0.29) is 6.10 Å². The van der Waals surface area contributed by atoms with Gasteiger partial charge in [0.1, 0.15) is 0 Å². The van der Waals surface area contributed by atoms with Gasteiger partial charge >= 0.3 is 0 Å². The van der Waals surface area contributed by atoms with Crippen LogP contribution in [0.2, 0.25) is 0 Å². The van der Waals surface area contributed by atoms with E-state index in [0.717, 1.165) is 6.61 Å². The van der Waals surface area contributed by atoms with Crippen molar-refractivity contribution in [1.29, 1.82) is 0 Å². The summed E-state index contributed by atoms with van der Waals surface area (Å²) in [6.45, 7) is 5.69. The molecular formula is C8H19NO. The molecule has 0 heterocycles. The third-order valence-electron chi connectivity index (χ3n) is 1.48. The third kappa shape index (κ3) is 6.05. The molecule has 2 heteroatoms. The zero-order valence-corrected chi connectivity index (χ0v) is 7.10. The molecule has 0 aromatic rings. The molecule has 0 saturated heterocycles. The van der Waals surface area contributed by atoms with Gasteiger partial charge in [-0.25, -0.2) is 0 Å². The van der Waals surface area contributed by atoms with Crippen molar-refractivity contribution in [1.82, 2.24) is 0 Å². The van der Waals surface area contributed by atoms with Crippen molar-refractivity contribution in [3.05, 3.63) is 0 Å². The number of hydrogen-bond acceptors (Lipinski definition) is 2. The van der Waals surface area contributed by atoms with E-state index in [4.69, 9.17) is 10.5 Å². The van der Waals surface area contributed by atoms with Crippen LogP contribution in [0.5, 0.6) is 0 Å². The molecular weight excluding hydrogens is 126 g/mol. The van der Waals surface area contributed by atoms with Crippen molar-refractivity contribution >= 4 is 0 Å². The second-order valence-corrected chi connectivity index (χ2v) is 2.62. The van der Waals surface area contributed by atoms with Crippen LogP contribution in [-0.4, -0.2) is 19.3 Å². The highest BCUT2D eigenvalue weighted by Gasteiger charge is 1.95. The molecule has 1 unspecified atom stereocenters. The van der Waals surface area contributed by atoms with Crippen molar-refractivity contribution in [2.45, 2.75) is 39.2 Å². The molecule has 0 aromatic carbocycles. The Morgan fingerprint density at radius 3 is 2.60 bits per heavy atom. The molecule has 0 aliphatic carbocycles. The Bertz CT molecular complexity index is 66.3. The van der Waals surface area contributed by atoms with Crippen LogP contribution in [0.4, 0.5) is 0 Å². The lowest BCUT2D eigenvalue weighted by Gasteiger charge is -2.09. The van der Waals surface area contributed by atoms with Crippen LogP contribution in [0, 0.1) is 0 Å². The second kappa shape index (κ2) is 7.03. The molecule has 62 valence electrons. The Labute approximate surface area is 63.7 Å². The van der Waals surface area contributed by atoms with Gasteiger partial charge in [-0.1, -0.05) is 19.8 Å². The normalized spacial score (nSPS) is 13.5. The van der Waals surface area contributed by atoms with E-state index >= 15 is 0 Å². The Morgan fingerprint density at radius 2 is 2.10 bits per heavy atom. The van der Waals surface area contributed by atoms with Crippen LogP contribution >= 0.6 is 0 Å². The van der Waals surface area contributed by atoms with E-state index in [1.807, 2.05) is 6.92 Å². The van der Waals surface area contributed by atoms with Crippen molar-refractivity contribution < 1.29 is 4.74 Å². The maximum Gasteiger partial charge on any atom is 0.0669 e. The molecule has 0 fully saturated rings. The molecule has 0 radical (unpaired) electrons. The largest absolute Gasteiger partial charge is 0.377 e. The Kier molecular flexibility index (Phi) is 6.98. The first kappa shape index (κ1) is 9.92. The van der Waals surface area contributed by atoms with E-state index in [1.54, 1.807) is 0 Å². The van der Waals surface area contributed by atoms with Crippen LogP contribution in [0.25, 0.3) is 0 Å². The van der Waals surface area contributed by atoms with Gasteiger partial charge in [-0.3, -0.25) is 0 Å².